The summed E-state index contributed by atoms with van der Waals surface area (Å²) in [6.07, 6.45) is 0. The lowest BCUT2D eigenvalue weighted by molar-refractivity contribution is 0.0601. The van der Waals surface area contributed by atoms with Crippen LogP contribution in [0.4, 0.5) is 0 Å². The molecule has 0 fully saturated rings. The molecule has 120 valence electrons. The number of aromatic nitrogens is 1. The van der Waals surface area contributed by atoms with Gasteiger partial charge in [-0.2, -0.15) is 8.42 Å². The highest BCUT2D eigenvalue weighted by atomic mass is 32.2. The maximum Gasteiger partial charge on any atom is 0.337 e. The van der Waals surface area contributed by atoms with Gasteiger partial charge in [0.25, 0.3) is 10.0 Å². The van der Waals surface area contributed by atoms with E-state index in [0.717, 1.165) is 21.6 Å². The van der Waals surface area contributed by atoms with Crippen LogP contribution < -0.4 is 4.80 Å². The minimum absolute atomic E-state index is 0.199. The van der Waals surface area contributed by atoms with Gasteiger partial charge in [-0.05, 0) is 29.6 Å². The normalized spacial score (nSPS) is 12.7. The number of aryl methyl sites for hydroxylation is 1. The number of thiophene rings is 1. The first-order valence-electron chi connectivity index (χ1n) is 6.45. The summed E-state index contributed by atoms with van der Waals surface area (Å²) >= 11 is 2.33. The second-order valence-electron chi connectivity index (χ2n) is 4.62. The molecule has 0 aliphatic carbocycles. The number of rotatable bonds is 3. The molecule has 0 saturated carbocycles. The van der Waals surface area contributed by atoms with E-state index in [-0.39, 0.29) is 4.21 Å². The van der Waals surface area contributed by atoms with Crippen LogP contribution in [0, 0.1) is 0 Å². The third kappa shape index (κ3) is 2.94. The molecule has 0 atom stereocenters. The van der Waals surface area contributed by atoms with Gasteiger partial charge in [0.05, 0.1) is 22.9 Å². The van der Waals surface area contributed by atoms with Gasteiger partial charge >= 0.3 is 5.97 Å². The minimum atomic E-state index is -3.73. The average molecular weight is 368 g/mol. The Morgan fingerprint density at radius 3 is 2.74 bits per heavy atom. The fourth-order valence-electron chi connectivity index (χ4n) is 2.03. The lowest BCUT2D eigenvalue weighted by atomic mass is 10.2. The van der Waals surface area contributed by atoms with Crippen LogP contribution in [0.1, 0.15) is 10.4 Å². The van der Waals surface area contributed by atoms with E-state index in [1.165, 1.54) is 24.5 Å². The van der Waals surface area contributed by atoms with Crippen LogP contribution in [0.5, 0.6) is 0 Å². The van der Waals surface area contributed by atoms with Crippen molar-refractivity contribution < 1.29 is 17.9 Å². The number of methoxy groups -OCH3 is 1. The molecule has 23 heavy (non-hydrogen) atoms. The van der Waals surface area contributed by atoms with Crippen LogP contribution in [0.3, 0.4) is 0 Å². The largest absolute Gasteiger partial charge is 0.465 e. The quantitative estimate of drug-likeness (QED) is 0.665. The zero-order valence-electron chi connectivity index (χ0n) is 12.2. The van der Waals surface area contributed by atoms with E-state index >= 15 is 0 Å². The van der Waals surface area contributed by atoms with Crippen LogP contribution in [-0.2, 0) is 21.8 Å². The van der Waals surface area contributed by atoms with Crippen molar-refractivity contribution >= 4 is 48.9 Å². The van der Waals surface area contributed by atoms with Crippen molar-refractivity contribution in [2.45, 2.75) is 4.21 Å². The van der Waals surface area contributed by atoms with Crippen molar-refractivity contribution in [1.82, 2.24) is 4.57 Å². The number of benzene rings is 1. The van der Waals surface area contributed by atoms with Crippen LogP contribution >= 0.6 is 22.7 Å². The summed E-state index contributed by atoms with van der Waals surface area (Å²) in [4.78, 5) is 11.9. The van der Waals surface area contributed by atoms with Crippen molar-refractivity contribution in [3.63, 3.8) is 0 Å². The van der Waals surface area contributed by atoms with E-state index in [9.17, 15) is 13.2 Å². The highest BCUT2D eigenvalue weighted by Gasteiger charge is 2.15. The standard InChI is InChI=1S/C14H12N2O4S3/c1-16-10-6-5-9(13(17)20-2)8-11(10)22-14(16)15-23(18,19)12-4-3-7-21-12/h3-8H,1-2H3. The summed E-state index contributed by atoms with van der Waals surface area (Å²) in [7, 11) is -0.679. The number of hydrogen-bond donors (Lipinski definition) is 0. The predicted octanol–water partition coefficient (Wildman–Crippen LogP) is 2.38. The topological polar surface area (TPSA) is 77.7 Å². The number of fused-ring (bicyclic) bond motifs is 1. The van der Waals surface area contributed by atoms with Crippen LogP contribution in [0.25, 0.3) is 10.2 Å². The Hall–Kier alpha value is -1.97. The predicted molar refractivity (Wildman–Crippen MR) is 89.2 cm³/mol. The smallest absolute Gasteiger partial charge is 0.337 e. The van der Waals surface area contributed by atoms with Crippen LogP contribution in [0.2, 0.25) is 0 Å². The molecule has 0 aliphatic rings. The Balaban J connectivity index is 2.18. The molecule has 0 bridgehead atoms. The Kier molecular flexibility index (Phi) is 4.09. The molecule has 0 saturated heterocycles. The average Bonchev–Trinajstić information content (AvgIpc) is 3.16. The van der Waals surface area contributed by atoms with E-state index in [2.05, 4.69) is 4.40 Å². The van der Waals surface area contributed by atoms with Gasteiger partial charge in [-0.15, -0.1) is 15.7 Å². The molecular weight excluding hydrogens is 356 g/mol. The second kappa shape index (κ2) is 5.91. The molecule has 0 spiro atoms. The third-order valence-electron chi connectivity index (χ3n) is 3.18. The molecule has 2 aromatic heterocycles. The van der Waals surface area contributed by atoms with E-state index in [1.54, 1.807) is 41.3 Å². The number of ether oxygens (including phenoxy) is 1. The van der Waals surface area contributed by atoms with Crippen molar-refractivity contribution in [2.75, 3.05) is 7.11 Å². The number of nitrogens with zero attached hydrogens (tertiary/aromatic N) is 2. The fraction of sp³-hybridized carbons (Fsp3) is 0.143. The molecule has 1 aromatic carbocycles. The van der Waals surface area contributed by atoms with E-state index in [4.69, 9.17) is 4.74 Å². The van der Waals surface area contributed by atoms with Gasteiger partial charge in [0.15, 0.2) is 0 Å². The summed E-state index contributed by atoms with van der Waals surface area (Å²) in [6.45, 7) is 0. The lowest BCUT2D eigenvalue weighted by Crippen LogP contribution is -2.13. The maximum atomic E-state index is 12.3. The molecule has 0 radical (unpaired) electrons. The first kappa shape index (κ1) is 15.9. The van der Waals surface area contributed by atoms with Gasteiger partial charge in [0.2, 0.25) is 4.80 Å². The summed E-state index contributed by atoms with van der Waals surface area (Å²) < 4.78 is 35.8. The number of hydrogen-bond acceptors (Lipinski definition) is 6. The highest BCUT2D eigenvalue weighted by Crippen LogP contribution is 2.21. The monoisotopic (exact) mass is 368 g/mol. The molecule has 0 amide bonds. The summed E-state index contributed by atoms with van der Waals surface area (Å²) in [5.41, 5.74) is 1.21. The Morgan fingerprint density at radius 2 is 2.09 bits per heavy atom. The summed E-state index contributed by atoms with van der Waals surface area (Å²) in [5, 5.41) is 1.69. The van der Waals surface area contributed by atoms with Crippen molar-refractivity contribution in [2.24, 2.45) is 11.4 Å². The molecule has 6 nitrogen and oxygen atoms in total. The van der Waals surface area contributed by atoms with Gasteiger partial charge in [-0.25, -0.2) is 4.79 Å². The molecule has 0 aliphatic heterocycles. The number of thiazole rings is 1. The Labute approximate surface area is 140 Å². The zero-order valence-corrected chi connectivity index (χ0v) is 14.7. The highest BCUT2D eigenvalue weighted by molar-refractivity contribution is 7.92. The number of esters is 1. The first-order valence-corrected chi connectivity index (χ1v) is 9.58. The fourth-order valence-corrected chi connectivity index (χ4v) is 5.28. The third-order valence-corrected chi connectivity index (χ3v) is 7.03. The van der Waals surface area contributed by atoms with Crippen molar-refractivity contribution in [3.8, 4) is 0 Å². The number of carbonyl (C=O) groups excluding carboxylic acids is 1. The second-order valence-corrected chi connectivity index (χ2v) is 8.40. The Bertz CT molecular complexity index is 1040. The molecule has 2 heterocycles. The van der Waals surface area contributed by atoms with E-state index in [1.807, 2.05) is 0 Å². The molecule has 0 N–H and O–H groups in total. The van der Waals surface area contributed by atoms with Gasteiger partial charge in [0.1, 0.15) is 4.21 Å². The maximum absolute atomic E-state index is 12.3. The molecule has 9 heteroatoms. The summed E-state index contributed by atoms with van der Waals surface area (Å²) in [5.74, 6) is -0.437. The van der Waals surface area contributed by atoms with Gasteiger partial charge in [-0.1, -0.05) is 17.4 Å². The number of sulfonamides is 1. The summed E-state index contributed by atoms with van der Waals surface area (Å²) in [6, 6.07) is 8.24. The molecule has 3 rings (SSSR count). The van der Waals surface area contributed by atoms with E-state index < -0.39 is 16.0 Å². The van der Waals surface area contributed by atoms with Gasteiger partial charge in [-0.3, -0.25) is 0 Å². The molecule has 0 unspecified atom stereocenters. The minimum Gasteiger partial charge on any atom is -0.465 e. The SMILES string of the molecule is COC(=O)c1ccc2c(c1)sc(=NS(=O)(=O)c1cccs1)n2C. The van der Waals surface area contributed by atoms with Crippen LogP contribution in [-0.4, -0.2) is 26.1 Å². The molecule has 3 aromatic rings. The number of carbonyl (C=O) groups is 1. The van der Waals surface area contributed by atoms with Gasteiger partial charge < -0.3 is 9.30 Å². The zero-order chi connectivity index (χ0) is 16.6. The van der Waals surface area contributed by atoms with Gasteiger partial charge in [0, 0.05) is 7.05 Å². The van der Waals surface area contributed by atoms with Crippen LogP contribution in [0.15, 0.2) is 44.3 Å². The first-order chi connectivity index (χ1) is 10.9. The van der Waals surface area contributed by atoms with E-state index in [0.29, 0.717) is 10.4 Å². The lowest BCUT2D eigenvalue weighted by Gasteiger charge is -1.99. The van der Waals surface area contributed by atoms with Crippen molar-refractivity contribution in [1.29, 1.82) is 0 Å². The molecular formula is C14H12N2O4S3. The Morgan fingerprint density at radius 1 is 1.30 bits per heavy atom. The van der Waals surface area contributed by atoms with Crippen molar-refractivity contribution in [3.05, 3.63) is 46.1 Å².